The van der Waals surface area contributed by atoms with Gasteiger partial charge in [-0.15, -0.1) is 0 Å². The van der Waals surface area contributed by atoms with Gasteiger partial charge in [-0.2, -0.15) is 0 Å². The van der Waals surface area contributed by atoms with Crippen LogP contribution in [-0.4, -0.2) is 83.4 Å². The Hall–Kier alpha value is -2.49. The van der Waals surface area contributed by atoms with Crippen molar-refractivity contribution < 1.29 is 33.6 Å². The average molecular weight is 487 g/mol. The van der Waals surface area contributed by atoms with Crippen molar-refractivity contribution in [3.05, 3.63) is 41.2 Å². The molecule has 35 heavy (non-hydrogen) atoms. The molecular weight excluding hydrogens is 452 g/mol. The fraction of sp³-hybridized carbons (Fsp3) is 0.654. The van der Waals surface area contributed by atoms with Gasteiger partial charge in [0.25, 0.3) is 0 Å². The second kappa shape index (κ2) is 8.87. The minimum Gasteiger partial charge on any atom is -0.477 e. The number of carboxylic acids is 1. The molecule has 0 radical (unpaired) electrons. The summed E-state index contributed by atoms with van der Waals surface area (Å²) in [4.78, 5) is 29.6. The van der Waals surface area contributed by atoms with Crippen molar-refractivity contribution in [2.24, 2.45) is 5.92 Å². The van der Waals surface area contributed by atoms with Crippen LogP contribution < -0.4 is 0 Å². The van der Waals surface area contributed by atoms with Crippen LogP contribution in [0, 0.1) is 5.92 Å². The minimum absolute atomic E-state index is 0.00919. The normalized spacial score (nSPS) is 35.8. The van der Waals surface area contributed by atoms with Gasteiger partial charge in [0.05, 0.1) is 18.6 Å². The predicted octanol–water partition coefficient (Wildman–Crippen LogP) is 3.39. The van der Waals surface area contributed by atoms with Gasteiger partial charge in [0, 0.05) is 32.3 Å². The third-order valence-corrected chi connectivity index (χ3v) is 8.11. The molecule has 1 amide bonds. The highest BCUT2D eigenvalue weighted by Gasteiger charge is 2.72. The van der Waals surface area contributed by atoms with Gasteiger partial charge >= 0.3 is 12.1 Å². The smallest absolute Gasteiger partial charge is 0.410 e. The zero-order valence-electron chi connectivity index (χ0n) is 20.7. The third kappa shape index (κ3) is 4.45. The number of rotatable bonds is 7. The summed E-state index contributed by atoms with van der Waals surface area (Å²) in [6, 6.07) is 3.25. The Balaban J connectivity index is 1.21. The number of epoxide rings is 2. The predicted molar refractivity (Wildman–Crippen MR) is 125 cm³/mol. The number of pyridine rings is 1. The molecule has 9 heteroatoms. The number of carbonyl (C=O) groups excluding carboxylic acids is 1. The van der Waals surface area contributed by atoms with Gasteiger partial charge in [-0.1, -0.05) is 17.7 Å². The highest BCUT2D eigenvalue weighted by molar-refractivity contribution is 5.85. The molecule has 1 aromatic heterocycles. The summed E-state index contributed by atoms with van der Waals surface area (Å²) in [7, 11) is 1.67. The quantitative estimate of drug-likeness (QED) is 0.461. The Labute approximate surface area is 205 Å². The van der Waals surface area contributed by atoms with Crippen LogP contribution in [0.1, 0.15) is 62.0 Å². The summed E-state index contributed by atoms with van der Waals surface area (Å²) in [5.74, 6) is -0.945. The van der Waals surface area contributed by atoms with Crippen molar-refractivity contribution in [2.45, 2.75) is 75.5 Å². The fourth-order valence-electron chi connectivity index (χ4n) is 5.89. The first-order valence-corrected chi connectivity index (χ1v) is 12.3. The molecule has 1 spiro atoms. The van der Waals surface area contributed by atoms with Crippen molar-refractivity contribution in [3.8, 4) is 0 Å². The molecule has 190 valence electrons. The number of ether oxygens (including phenoxy) is 4. The van der Waals surface area contributed by atoms with Crippen molar-refractivity contribution in [1.29, 1.82) is 0 Å². The number of hydrogen-bond donors (Lipinski definition) is 1. The maximum Gasteiger partial charge on any atom is 0.410 e. The van der Waals surface area contributed by atoms with Gasteiger partial charge in [-0.05, 0) is 51.7 Å². The Morgan fingerprint density at radius 3 is 2.63 bits per heavy atom. The van der Waals surface area contributed by atoms with Crippen LogP contribution in [0.5, 0.6) is 0 Å². The number of carboxylic acid groups (broad SMARTS) is 1. The van der Waals surface area contributed by atoms with E-state index >= 15 is 0 Å². The maximum atomic E-state index is 13.0. The summed E-state index contributed by atoms with van der Waals surface area (Å²) in [6.45, 7) is 8.01. The molecule has 1 N–H and O–H groups in total. The molecule has 0 unspecified atom stereocenters. The topological polar surface area (TPSA) is 114 Å². The lowest BCUT2D eigenvalue weighted by molar-refractivity contribution is -0.123. The summed E-state index contributed by atoms with van der Waals surface area (Å²) in [5.41, 5.74) is 1.57. The lowest BCUT2D eigenvalue weighted by atomic mass is 9.68. The molecular formula is C26H34N2O7. The minimum atomic E-state index is -1.05. The van der Waals surface area contributed by atoms with Gasteiger partial charge in [0.1, 0.15) is 29.1 Å². The van der Waals surface area contributed by atoms with E-state index in [0.29, 0.717) is 26.1 Å². The summed E-state index contributed by atoms with van der Waals surface area (Å²) < 4.78 is 24.1. The lowest BCUT2D eigenvalue weighted by Gasteiger charge is -2.44. The largest absolute Gasteiger partial charge is 0.477 e. The van der Waals surface area contributed by atoms with Gasteiger partial charge in [0.15, 0.2) is 0 Å². The molecule has 6 atom stereocenters. The van der Waals surface area contributed by atoms with Crippen molar-refractivity contribution in [1.82, 2.24) is 9.88 Å². The Bertz CT molecular complexity index is 1010. The number of hydrogen-bond acceptors (Lipinski definition) is 7. The van der Waals surface area contributed by atoms with E-state index in [1.54, 1.807) is 24.3 Å². The second-order valence-electron chi connectivity index (χ2n) is 10.7. The highest BCUT2D eigenvalue weighted by Crippen LogP contribution is 2.59. The lowest BCUT2D eigenvalue weighted by Crippen LogP contribution is -2.57. The molecule has 3 saturated heterocycles. The molecule has 0 aromatic carbocycles. The van der Waals surface area contributed by atoms with Crippen molar-refractivity contribution >= 4 is 12.1 Å². The number of carbonyl (C=O) groups is 2. The fourth-order valence-corrected chi connectivity index (χ4v) is 5.89. The van der Waals surface area contributed by atoms with E-state index in [1.165, 1.54) is 11.6 Å². The monoisotopic (exact) mass is 486 g/mol. The van der Waals surface area contributed by atoms with E-state index in [0.717, 1.165) is 18.4 Å². The molecule has 5 rings (SSSR count). The maximum absolute atomic E-state index is 13.0. The van der Waals surface area contributed by atoms with Crippen LogP contribution in [0.2, 0.25) is 0 Å². The second-order valence-corrected chi connectivity index (χ2v) is 10.7. The zero-order chi connectivity index (χ0) is 25.0. The van der Waals surface area contributed by atoms with Crippen LogP contribution in [0.3, 0.4) is 0 Å². The van der Waals surface area contributed by atoms with E-state index in [2.05, 4.69) is 31.8 Å². The molecule has 9 nitrogen and oxygen atoms in total. The average Bonchev–Trinajstić information content (AvgIpc) is 3.70. The first kappa shape index (κ1) is 24.2. The van der Waals surface area contributed by atoms with Crippen LogP contribution in [0.25, 0.3) is 0 Å². The number of aromatic nitrogens is 1. The standard InChI is InChI=1S/C26H34N2O7/c1-15(2)5-8-20-25(3,35-20)22-21(32-4)19(9-10-26(22)14-33-26)34-24(31)28-12-17(13-28)16-6-7-18(23(29)30)27-11-16/h5-7,11,17,19-22H,8-10,12-14H2,1-4H3,(H,29,30)/t19-,20-,21-,22-,25+,26+/m1/s1. The van der Waals surface area contributed by atoms with Crippen LogP contribution in [-0.2, 0) is 18.9 Å². The highest BCUT2D eigenvalue weighted by atomic mass is 16.6. The third-order valence-electron chi connectivity index (χ3n) is 8.11. The first-order chi connectivity index (χ1) is 16.7. The van der Waals surface area contributed by atoms with Gasteiger partial charge in [-0.3, -0.25) is 0 Å². The molecule has 4 heterocycles. The number of allylic oxidation sites excluding steroid dienone is 1. The number of methoxy groups -OCH3 is 1. The summed E-state index contributed by atoms with van der Waals surface area (Å²) in [5, 5.41) is 9.01. The number of amides is 1. The van der Waals surface area contributed by atoms with Gasteiger partial charge < -0.3 is 29.0 Å². The van der Waals surface area contributed by atoms with E-state index in [-0.39, 0.29) is 53.1 Å². The van der Waals surface area contributed by atoms with E-state index in [1.807, 2.05) is 0 Å². The summed E-state index contributed by atoms with van der Waals surface area (Å²) >= 11 is 0. The van der Waals surface area contributed by atoms with Crippen molar-refractivity contribution in [3.63, 3.8) is 0 Å². The summed E-state index contributed by atoms with van der Waals surface area (Å²) in [6.07, 6.45) is 5.20. The van der Waals surface area contributed by atoms with E-state index in [4.69, 9.17) is 24.1 Å². The van der Waals surface area contributed by atoms with Gasteiger partial charge in [0.2, 0.25) is 0 Å². The van der Waals surface area contributed by atoms with Gasteiger partial charge in [-0.25, -0.2) is 14.6 Å². The molecule has 1 aliphatic carbocycles. The van der Waals surface area contributed by atoms with E-state index in [9.17, 15) is 9.59 Å². The Kier molecular flexibility index (Phi) is 6.14. The molecule has 1 saturated carbocycles. The Morgan fingerprint density at radius 1 is 1.31 bits per heavy atom. The SMILES string of the molecule is CO[C@@H]1[C@H](OC(=O)N2CC(c3ccc(C(=O)O)nc3)C2)CC[C@]2(CO2)[C@H]1[C@@]1(C)O[C@@H]1CC=C(C)C. The molecule has 1 aromatic rings. The molecule has 4 aliphatic rings. The molecule has 3 aliphatic heterocycles. The Morgan fingerprint density at radius 2 is 2.06 bits per heavy atom. The van der Waals surface area contributed by atoms with Crippen LogP contribution >= 0.6 is 0 Å². The molecule has 0 bridgehead atoms. The molecule has 4 fully saturated rings. The number of nitrogens with zero attached hydrogens (tertiary/aromatic N) is 2. The van der Waals surface area contributed by atoms with Crippen molar-refractivity contribution in [2.75, 3.05) is 26.8 Å². The first-order valence-electron chi connectivity index (χ1n) is 12.3. The van der Waals surface area contributed by atoms with E-state index < -0.39 is 5.97 Å². The number of likely N-dealkylation sites (tertiary alicyclic amines) is 1. The van der Waals surface area contributed by atoms with Crippen LogP contribution in [0.15, 0.2) is 30.0 Å². The van der Waals surface area contributed by atoms with Crippen LogP contribution in [0.4, 0.5) is 4.79 Å². The zero-order valence-corrected chi connectivity index (χ0v) is 20.7. The number of aromatic carboxylic acids is 1.